The fourth-order valence-electron chi connectivity index (χ4n) is 3.13. The van der Waals surface area contributed by atoms with Crippen LogP contribution in [-0.4, -0.2) is 28.9 Å². The summed E-state index contributed by atoms with van der Waals surface area (Å²) in [5, 5.41) is 4.05. The molecule has 6 nitrogen and oxygen atoms in total. The fourth-order valence-corrected chi connectivity index (χ4v) is 4.99. The fraction of sp³-hybridized carbons (Fsp3) is 0.250. The summed E-state index contributed by atoms with van der Waals surface area (Å²) in [5.74, 6) is 1.52. The molecule has 0 aliphatic carbocycles. The summed E-state index contributed by atoms with van der Waals surface area (Å²) in [6.07, 6.45) is 0.916. The molecule has 0 spiro atoms. The molecule has 1 aliphatic heterocycles. The average Bonchev–Trinajstić information content (AvgIpc) is 3.09. The number of rotatable bonds is 4. The van der Waals surface area contributed by atoms with E-state index in [9.17, 15) is 4.79 Å². The summed E-state index contributed by atoms with van der Waals surface area (Å²) in [6, 6.07) is 13.2. The van der Waals surface area contributed by atoms with Crippen LogP contribution in [0.5, 0.6) is 5.75 Å². The predicted molar refractivity (Wildman–Crippen MR) is 117 cm³/mol. The van der Waals surface area contributed by atoms with Gasteiger partial charge in [0.2, 0.25) is 0 Å². The summed E-state index contributed by atoms with van der Waals surface area (Å²) in [7, 11) is 1.63. The zero-order valence-electron chi connectivity index (χ0n) is 15.6. The normalized spacial score (nSPS) is 19.3. The van der Waals surface area contributed by atoms with E-state index in [4.69, 9.17) is 10.5 Å². The number of nitrogens with one attached hydrogen (secondary N) is 1. The van der Waals surface area contributed by atoms with Gasteiger partial charge in [0.25, 0.3) is 5.91 Å². The maximum absolute atomic E-state index is 12.6. The van der Waals surface area contributed by atoms with E-state index >= 15 is 0 Å². The standard InChI is InChI=1S/C20H20N4O2S2/c1-20(9-10-27-18(21)24-20)13-5-3-12(4-6-13)17(25)23-19-22-15-8-7-14(26-2)11-16(15)28-19/h3-8,11H,9-10H2,1-2H3,(H2,21,24)(H,22,23,25). The van der Waals surface area contributed by atoms with Gasteiger partial charge in [-0.15, -0.1) is 0 Å². The highest BCUT2D eigenvalue weighted by Crippen LogP contribution is 2.35. The van der Waals surface area contributed by atoms with Crippen LogP contribution in [0.2, 0.25) is 0 Å². The second-order valence-corrected chi connectivity index (χ2v) is 8.85. The van der Waals surface area contributed by atoms with Crippen LogP contribution in [0.4, 0.5) is 5.13 Å². The van der Waals surface area contributed by atoms with E-state index in [2.05, 4.69) is 22.2 Å². The van der Waals surface area contributed by atoms with Crippen molar-refractivity contribution in [1.29, 1.82) is 0 Å². The number of thioether (sulfide) groups is 1. The highest BCUT2D eigenvalue weighted by atomic mass is 32.2. The monoisotopic (exact) mass is 412 g/mol. The molecule has 2 aromatic carbocycles. The topological polar surface area (TPSA) is 89.6 Å². The van der Waals surface area contributed by atoms with Crippen LogP contribution >= 0.6 is 23.1 Å². The van der Waals surface area contributed by atoms with E-state index in [-0.39, 0.29) is 11.4 Å². The lowest BCUT2D eigenvalue weighted by Crippen LogP contribution is -2.28. The van der Waals surface area contributed by atoms with Crippen molar-refractivity contribution < 1.29 is 9.53 Å². The Labute approximate surface area is 171 Å². The van der Waals surface area contributed by atoms with Gasteiger partial charge in [-0.2, -0.15) is 0 Å². The van der Waals surface area contributed by atoms with Crippen LogP contribution in [0, 0.1) is 0 Å². The SMILES string of the molecule is COc1ccc2nc(NC(=O)c3ccc(C4(C)CCSC(N)=N4)cc3)sc2c1. The van der Waals surface area contributed by atoms with Crippen molar-refractivity contribution in [2.24, 2.45) is 10.7 Å². The van der Waals surface area contributed by atoms with Gasteiger partial charge in [0, 0.05) is 11.3 Å². The van der Waals surface area contributed by atoms with Crippen molar-refractivity contribution in [3.05, 3.63) is 53.6 Å². The zero-order chi connectivity index (χ0) is 19.7. The number of carbonyl (C=O) groups excluding carboxylic acids is 1. The third-order valence-electron chi connectivity index (χ3n) is 4.78. The van der Waals surface area contributed by atoms with Gasteiger partial charge in [0.15, 0.2) is 10.3 Å². The minimum Gasteiger partial charge on any atom is -0.497 e. The quantitative estimate of drug-likeness (QED) is 0.669. The zero-order valence-corrected chi connectivity index (χ0v) is 17.2. The third-order valence-corrected chi connectivity index (χ3v) is 6.51. The molecular weight excluding hydrogens is 392 g/mol. The Morgan fingerprint density at radius 3 is 2.75 bits per heavy atom. The van der Waals surface area contributed by atoms with E-state index in [0.717, 1.165) is 33.7 Å². The number of hydrogen-bond donors (Lipinski definition) is 2. The Hall–Kier alpha value is -2.58. The van der Waals surface area contributed by atoms with E-state index in [0.29, 0.717) is 15.9 Å². The molecule has 3 N–H and O–H groups in total. The highest BCUT2D eigenvalue weighted by molar-refractivity contribution is 8.13. The number of nitrogens with two attached hydrogens (primary N) is 1. The number of amidine groups is 1. The van der Waals surface area contributed by atoms with Crippen LogP contribution in [0.25, 0.3) is 10.2 Å². The van der Waals surface area contributed by atoms with Crippen molar-refractivity contribution >= 4 is 49.5 Å². The molecule has 8 heteroatoms. The van der Waals surface area contributed by atoms with E-state index in [1.807, 2.05) is 42.5 Å². The molecule has 0 bridgehead atoms. The molecule has 28 heavy (non-hydrogen) atoms. The number of aromatic nitrogens is 1. The van der Waals surface area contributed by atoms with E-state index in [1.54, 1.807) is 18.9 Å². The Morgan fingerprint density at radius 1 is 1.25 bits per heavy atom. The minimum absolute atomic E-state index is 0.190. The van der Waals surface area contributed by atoms with Gasteiger partial charge >= 0.3 is 0 Å². The lowest BCUT2D eigenvalue weighted by molar-refractivity contribution is 0.102. The van der Waals surface area contributed by atoms with Crippen molar-refractivity contribution in [3.63, 3.8) is 0 Å². The second-order valence-electron chi connectivity index (χ2n) is 6.71. The first-order chi connectivity index (χ1) is 13.5. The van der Waals surface area contributed by atoms with E-state index < -0.39 is 0 Å². The van der Waals surface area contributed by atoms with Gasteiger partial charge in [0.1, 0.15) is 5.75 Å². The lowest BCUT2D eigenvalue weighted by atomic mass is 9.89. The molecule has 1 aliphatic rings. The molecular formula is C20H20N4O2S2. The molecule has 4 rings (SSSR count). The summed E-state index contributed by atoms with van der Waals surface area (Å²) in [5.41, 5.74) is 8.02. The third kappa shape index (κ3) is 3.70. The van der Waals surface area contributed by atoms with Gasteiger partial charge in [-0.05, 0) is 49.2 Å². The Kier molecular flexibility index (Phi) is 4.99. The van der Waals surface area contributed by atoms with Crippen molar-refractivity contribution in [1.82, 2.24) is 4.98 Å². The van der Waals surface area contributed by atoms with Crippen LogP contribution < -0.4 is 15.8 Å². The molecule has 0 radical (unpaired) electrons. The highest BCUT2D eigenvalue weighted by Gasteiger charge is 2.29. The lowest BCUT2D eigenvalue weighted by Gasteiger charge is -2.29. The van der Waals surface area contributed by atoms with Crippen LogP contribution in [0.3, 0.4) is 0 Å². The van der Waals surface area contributed by atoms with Crippen LogP contribution in [-0.2, 0) is 5.54 Å². The van der Waals surface area contributed by atoms with Gasteiger partial charge in [-0.3, -0.25) is 15.1 Å². The average molecular weight is 413 g/mol. The Bertz CT molecular complexity index is 1060. The second kappa shape index (κ2) is 7.44. The first-order valence-electron chi connectivity index (χ1n) is 8.81. The molecule has 0 fully saturated rings. The number of benzene rings is 2. The number of nitrogens with zero attached hydrogens (tertiary/aromatic N) is 2. The molecule has 2 heterocycles. The number of amides is 1. The first-order valence-corrected chi connectivity index (χ1v) is 10.6. The molecule has 0 saturated carbocycles. The van der Waals surface area contributed by atoms with Gasteiger partial charge in [0.05, 0.1) is 22.9 Å². The van der Waals surface area contributed by atoms with Crippen molar-refractivity contribution in [2.45, 2.75) is 18.9 Å². The smallest absolute Gasteiger partial charge is 0.257 e. The van der Waals surface area contributed by atoms with Gasteiger partial charge in [-0.1, -0.05) is 35.2 Å². The van der Waals surface area contributed by atoms with Crippen molar-refractivity contribution in [3.8, 4) is 5.75 Å². The molecule has 1 amide bonds. The van der Waals surface area contributed by atoms with Gasteiger partial charge < -0.3 is 10.5 Å². The summed E-state index contributed by atoms with van der Waals surface area (Å²) in [4.78, 5) is 21.7. The molecule has 1 atom stereocenters. The van der Waals surface area contributed by atoms with Gasteiger partial charge in [-0.25, -0.2) is 4.98 Å². The summed E-state index contributed by atoms with van der Waals surface area (Å²) < 4.78 is 6.19. The maximum atomic E-state index is 12.6. The number of thiazole rings is 1. The first kappa shape index (κ1) is 18.8. The number of ether oxygens (including phenoxy) is 1. The Balaban J connectivity index is 1.52. The minimum atomic E-state index is -0.337. The number of aliphatic imine (C=N–C) groups is 1. The summed E-state index contributed by atoms with van der Waals surface area (Å²) in [6.45, 7) is 2.07. The molecule has 3 aromatic rings. The van der Waals surface area contributed by atoms with Crippen LogP contribution in [0.1, 0.15) is 29.3 Å². The maximum Gasteiger partial charge on any atom is 0.257 e. The summed E-state index contributed by atoms with van der Waals surface area (Å²) >= 11 is 3.00. The number of hydrogen-bond acceptors (Lipinski definition) is 7. The van der Waals surface area contributed by atoms with Crippen LogP contribution in [0.15, 0.2) is 47.5 Å². The molecule has 0 saturated heterocycles. The van der Waals surface area contributed by atoms with Crippen molar-refractivity contribution in [2.75, 3.05) is 18.2 Å². The largest absolute Gasteiger partial charge is 0.497 e. The number of methoxy groups -OCH3 is 1. The Morgan fingerprint density at radius 2 is 2.04 bits per heavy atom. The number of anilines is 1. The molecule has 1 unspecified atom stereocenters. The predicted octanol–water partition coefficient (Wildman–Crippen LogP) is 4.22. The molecule has 144 valence electrons. The van der Waals surface area contributed by atoms with E-state index in [1.165, 1.54) is 11.3 Å². The molecule has 1 aromatic heterocycles. The number of carbonyl (C=O) groups is 1. The number of fused-ring (bicyclic) bond motifs is 1.